The maximum absolute atomic E-state index is 11.8. The van der Waals surface area contributed by atoms with E-state index in [1.165, 1.54) is 4.90 Å². The molecule has 1 amide bonds. The van der Waals surface area contributed by atoms with E-state index in [0.717, 1.165) is 15.8 Å². The van der Waals surface area contributed by atoms with Crippen molar-refractivity contribution >= 4 is 45.0 Å². The normalized spacial score (nSPS) is 10.1. The van der Waals surface area contributed by atoms with Crippen molar-refractivity contribution in [2.45, 2.75) is 4.90 Å². The number of anilines is 2. The molecule has 0 fully saturated rings. The highest BCUT2D eigenvalue weighted by Gasteiger charge is 2.02. The molecule has 3 nitrogen and oxygen atoms in total. The molecule has 0 aliphatic carbocycles. The predicted molar refractivity (Wildman–Crippen MR) is 89.5 cm³/mol. The van der Waals surface area contributed by atoms with Gasteiger partial charge in [-0.25, -0.2) is 0 Å². The van der Waals surface area contributed by atoms with E-state index in [2.05, 4.69) is 26.6 Å². The Hall–Kier alpha value is -1.46. The monoisotopic (exact) mass is 350 g/mol. The predicted octanol–water partition coefficient (Wildman–Crippen LogP) is 4.22. The van der Waals surface area contributed by atoms with Crippen LogP contribution in [0, 0.1) is 0 Å². The van der Waals surface area contributed by atoms with E-state index in [1.54, 1.807) is 11.8 Å². The standard InChI is InChI=1S/C15H15BrN2OS/c1-20-14-4-2-3-13(9-14)17-10-15(19)18-12-7-5-11(16)6-8-12/h2-9,17H,10H2,1H3,(H,18,19). The van der Waals surface area contributed by atoms with Crippen molar-refractivity contribution < 1.29 is 4.79 Å². The molecule has 0 unspecified atom stereocenters. The van der Waals surface area contributed by atoms with Crippen molar-refractivity contribution in [3.05, 3.63) is 53.0 Å². The first-order chi connectivity index (χ1) is 9.67. The zero-order valence-corrected chi connectivity index (χ0v) is 13.4. The third-order valence-electron chi connectivity index (χ3n) is 2.65. The smallest absolute Gasteiger partial charge is 0.243 e. The largest absolute Gasteiger partial charge is 0.376 e. The quantitative estimate of drug-likeness (QED) is 0.793. The van der Waals surface area contributed by atoms with Crippen LogP contribution in [0.2, 0.25) is 0 Å². The van der Waals surface area contributed by atoms with Crippen molar-refractivity contribution in [2.75, 3.05) is 23.4 Å². The van der Waals surface area contributed by atoms with Gasteiger partial charge in [-0.3, -0.25) is 4.79 Å². The van der Waals surface area contributed by atoms with Gasteiger partial charge in [-0.05, 0) is 48.7 Å². The number of hydrogen-bond acceptors (Lipinski definition) is 3. The van der Waals surface area contributed by atoms with Crippen LogP contribution in [0.4, 0.5) is 11.4 Å². The van der Waals surface area contributed by atoms with Gasteiger partial charge >= 0.3 is 0 Å². The fraction of sp³-hybridized carbons (Fsp3) is 0.133. The van der Waals surface area contributed by atoms with Gasteiger partial charge in [0, 0.05) is 20.7 Å². The van der Waals surface area contributed by atoms with Crippen molar-refractivity contribution in [1.82, 2.24) is 0 Å². The Morgan fingerprint density at radius 3 is 2.60 bits per heavy atom. The van der Waals surface area contributed by atoms with Crippen molar-refractivity contribution in [2.24, 2.45) is 0 Å². The van der Waals surface area contributed by atoms with Crippen molar-refractivity contribution in [1.29, 1.82) is 0 Å². The fourth-order valence-corrected chi connectivity index (χ4v) is 2.38. The topological polar surface area (TPSA) is 41.1 Å². The first-order valence-electron chi connectivity index (χ1n) is 6.11. The first kappa shape index (κ1) is 14.9. The molecule has 0 saturated carbocycles. The summed E-state index contributed by atoms with van der Waals surface area (Å²) in [5.74, 6) is -0.0677. The van der Waals surface area contributed by atoms with Crippen LogP contribution in [-0.2, 0) is 4.79 Å². The summed E-state index contributed by atoms with van der Waals surface area (Å²) in [6.45, 7) is 0.244. The zero-order chi connectivity index (χ0) is 14.4. The first-order valence-corrected chi connectivity index (χ1v) is 8.12. The molecule has 0 aliphatic rings. The minimum Gasteiger partial charge on any atom is -0.376 e. The Bertz CT molecular complexity index is 587. The van der Waals surface area contributed by atoms with Gasteiger partial charge in [0.2, 0.25) is 5.91 Å². The summed E-state index contributed by atoms with van der Waals surface area (Å²) in [6, 6.07) is 15.5. The average molecular weight is 351 g/mol. The lowest BCUT2D eigenvalue weighted by Crippen LogP contribution is -2.21. The number of amides is 1. The number of carbonyl (C=O) groups is 1. The summed E-state index contributed by atoms with van der Waals surface area (Å²) in [5, 5.41) is 5.96. The lowest BCUT2D eigenvalue weighted by atomic mass is 10.3. The van der Waals surface area contributed by atoms with Crippen LogP contribution >= 0.6 is 27.7 Å². The number of carbonyl (C=O) groups excluding carboxylic acids is 1. The summed E-state index contributed by atoms with van der Waals surface area (Å²) < 4.78 is 0.988. The summed E-state index contributed by atoms with van der Waals surface area (Å²) in [6.07, 6.45) is 2.03. The second-order valence-corrected chi connectivity index (χ2v) is 5.94. The van der Waals surface area contributed by atoms with Crippen LogP contribution in [0.25, 0.3) is 0 Å². The summed E-state index contributed by atoms with van der Waals surface area (Å²) in [4.78, 5) is 13.0. The number of rotatable bonds is 5. The highest BCUT2D eigenvalue weighted by atomic mass is 79.9. The van der Waals surface area contributed by atoms with E-state index in [4.69, 9.17) is 0 Å². The highest BCUT2D eigenvalue weighted by molar-refractivity contribution is 9.10. The van der Waals surface area contributed by atoms with Crippen LogP contribution in [0.5, 0.6) is 0 Å². The van der Waals surface area contributed by atoms with Gasteiger partial charge in [0.15, 0.2) is 0 Å². The molecule has 0 bridgehead atoms. The molecule has 2 aromatic carbocycles. The molecule has 0 aliphatic heterocycles. The van der Waals surface area contributed by atoms with Crippen LogP contribution in [0.1, 0.15) is 0 Å². The van der Waals surface area contributed by atoms with Crippen LogP contribution in [-0.4, -0.2) is 18.7 Å². The molecule has 2 aromatic rings. The highest BCUT2D eigenvalue weighted by Crippen LogP contribution is 2.19. The Labute approximate surface area is 131 Å². The van der Waals surface area contributed by atoms with E-state index in [9.17, 15) is 4.79 Å². The van der Waals surface area contributed by atoms with Gasteiger partial charge < -0.3 is 10.6 Å². The van der Waals surface area contributed by atoms with Gasteiger partial charge in [0.1, 0.15) is 0 Å². The zero-order valence-electron chi connectivity index (χ0n) is 11.0. The maximum Gasteiger partial charge on any atom is 0.243 e. The molecular formula is C15H15BrN2OS. The van der Waals surface area contributed by atoms with E-state index >= 15 is 0 Å². The third-order valence-corrected chi connectivity index (χ3v) is 3.90. The molecule has 0 aromatic heterocycles. The van der Waals surface area contributed by atoms with Crippen molar-refractivity contribution in [3.8, 4) is 0 Å². The molecule has 104 valence electrons. The Balaban J connectivity index is 1.87. The van der Waals surface area contributed by atoms with Crippen LogP contribution in [0.15, 0.2) is 57.9 Å². The Morgan fingerprint density at radius 1 is 1.15 bits per heavy atom. The summed E-state index contributed by atoms with van der Waals surface area (Å²) in [7, 11) is 0. The van der Waals surface area contributed by atoms with Gasteiger partial charge in [-0.15, -0.1) is 11.8 Å². The summed E-state index contributed by atoms with van der Waals surface area (Å²) >= 11 is 5.04. The maximum atomic E-state index is 11.8. The van der Waals surface area contributed by atoms with E-state index in [1.807, 2.05) is 54.8 Å². The molecular weight excluding hydrogens is 336 g/mol. The lowest BCUT2D eigenvalue weighted by molar-refractivity contribution is -0.114. The number of halogens is 1. The van der Waals surface area contributed by atoms with E-state index in [-0.39, 0.29) is 12.5 Å². The van der Waals surface area contributed by atoms with Gasteiger partial charge in [-0.1, -0.05) is 22.0 Å². The van der Waals surface area contributed by atoms with E-state index < -0.39 is 0 Å². The number of nitrogens with one attached hydrogen (secondary N) is 2. The summed E-state index contributed by atoms with van der Waals surface area (Å²) in [5.41, 5.74) is 1.74. The van der Waals surface area contributed by atoms with Crippen LogP contribution in [0.3, 0.4) is 0 Å². The third kappa shape index (κ3) is 4.58. The lowest BCUT2D eigenvalue weighted by Gasteiger charge is -2.08. The molecule has 5 heteroatoms. The van der Waals surface area contributed by atoms with Gasteiger partial charge in [-0.2, -0.15) is 0 Å². The second-order valence-electron chi connectivity index (χ2n) is 4.14. The molecule has 0 saturated heterocycles. The molecule has 0 atom stereocenters. The number of thioether (sulfide) groups is 1. The Kier molecular flexibility index (Phi) is 5.49. The molecule has 0 heterocycles. The van der Waals surface area contributed by atoms with E-state index in [0.29, 0.717) is 0 Å². The van der Waals surface area contributed by atoms with Gasteiger partial charge in [0.25, 0.3) is 0 Å². The second kappa shape index (κ2) is 7.36. The molecule has 2 rings (SSSR count). The molecule has 0 spiro atoms. The van der Waals surface area contributed by atoms with Crippen LogP contribution < -0.4 is 10.6 Å². The molecule has 0 radical (unpaired) electrons. The number of hydrogen-bond donors (Lipinski definition) is 2. The molecule has 2 N–H and O–H groups in total. The SMILES string of the molecule is CSc1cccc(NCC(=O)Nc2ccc(Br)cc2)c1. The fourth-order valence-electron chi connectivity index (χ4n) is 1.65. The minimum atomic E-state index is -0.0677. The minimum absolute atomic E-state index is 0.0677. The van der Waals surface area contributed by atoms with Crippen molar-refractivity contribution in [3.63, 3.8) is 0 Å². The Morgan fingerprint density at radius 2 is 1.90 bits per heavy atom. The van der Waals surface area contributed by atoms with Gasteiger partial charge in [0.05, 0.1) is 6.54 Å². The average Bonchev–Trinajstić information content (AvgIpc) is 2.48. The number of benzene rings is 2. The molecule has 20 heavy (non-hydrogen) atoms.